The Kier molecular flexibility index (Phi) is 5.78. The minimum atomic E-state index is -3.70. The topological polar surface area (TPSA) is 101 Å². The number of hydrogen-bond donors (Lipinski definition) is 1. The number of rotatable bonds is 8. The van der Waals surface area contributed by atoms with E-state index in [2.05, 4.69) is 10.3 Å². The van der Waals surface area contributed by atoms with Gasteiger partial charge in [0.15, 0.2) is 5.13 Å². The summed E-state index contributed by atoms with van der Waals surface area (Å²) in [7, 11) is -3.70. The SMILES string of the molecule is CCN(CC)S(=O)(=O)c1ccc(=O)n(CC(=O)Nc2nc(C3CC3)cs2)c1. The Morgan fingerprint density at radius 3 is 2.67 bits per heavy atom. The van der Waals surface area contributed by atoms with E-state index in [1.807, 2.05) is 5.38 Å². The summed E-state index contributed by atoms with van der Waals surface area (Å²) in [6.45, 7) is 3.86. The lowest BCUT2D eigenvalue weighted by Gasteiger charge is -2.18. The predicted octanol–water partition coefficient (Wildman–Crippen LogP) is 1.85. The van der Waals surface area contributed by atoms with Crippen LogP contribution in [0.25, 0.3) is 0 Å². The number of hydrogen-bond acceptors (Lipinski definition) is 6. The van der Waals surface area contributed by atoms with Gasteiger partial charge in [0.1, 0.15) is 6.54 Å². The van der Waals surface area contributed by atoms with Gasteiger partial charge in [-0.1, -0.05) is 13.8 Å². The molecule has 27 heavy (non-hydrogen) atoms. The van der Waals surface area contributed by atoms with Crippen molar-refractivity contribution >= 4 is 32.4 Å². The summed E-state index contributed by atoms with van der Waals surface area (Å²) in [6.07, 6.45) is 3.47. The molecule has 2 aromatic heterocycles. The fraction of sp³-hybridized carbons (Fsp3) is 0.471. The summed E-state index contributed by atoms with van der Waals surface area (Å²) >= 11 is 1.35. The maximum atomic E-state index is 12.6. The Labute approximate surface area is 161 Å². The number of anilines is 1. The summed E-state index contributed by atoms with van der Waals surface area (Å²) in [5.41, 5.74) is 0.543. The van der Waals surface area contributed by atoms with Gasteiger partial charge < -0.3 is 9.88 Å². The number of carbonyl (C=O) groups excluding carboxylic acids is 1. The first-order valence-electron chi connectivity index (χ1n) is 8.81. The molecule has 0 bridgehead atoms. The lowest BCUT2D eigenvalue weighted by Crippen LogP contribution is -2.33. The molecule has 2 aromatic rings. The summed E-state index contributed by atoms with van der Waals surface area (Å²) in [6, 6.07) is 2.44. The lowest BCUT2D eigenvalue weighted by atomic mass is 10.3. The molecule has 1 saturated carbocycles. The van der Waals surface area contributed by atoms with Crippen LogP contribution in [-0.4, -0.2) is 41.3 Å². The maximum absolute atomic E-state index is 12.6. The van der Waals surface area contributed by atoms with Crippen molar-refractivity contribution in [3.63, 3.8) is 0 Å². The molecule has 0 aromatic carbocycles. The van der Waals surface area contributed by atoms with E-state index in [4.69, 9.17) is 0 Å². The van der Waals surface area contributed by atoms with Crippen molar-refractivity contribution in [2.45, 2.75) is 44.0 Å². The van der Waals surface area contributed by atoms with Gasteiger partial charge in [-0.05, 0) is 18.9 Å². The maximum Gasteiger partial charge on any atom is 0.251 e. The van der Waals surface area contributed by atoms with Crippen LogP contribution in [0.3, 0.4) is 0 Å². The summed E-state index contributed by atoms with van der Waals surface area (Å²) < 4.78 is 27.6. The van der Waals surface area contributed by atoms with E-state index in [1.165, 1.54) is 27.9 Å². The fourth-order valence-electron chi connectivity index (χ4n) is 2.72. The number of sulfonamides is 1. The minimum absolute atomic E-state index is 0.0103. The van der Waals surface area contributed by atoms with E-state index in [-0.39, 0.29) is 11.4 Å². The Balaban J connectivity index is 1.75. The Hall–Kier alpha value is -2.04. The number of pyridine rings is 1. The molecule has 10 heteroatoms. The third kappa shape index (κ3) is 4.45. The van der Waals surface area contributed by atoms with Crippen molar-refractivity contribution in [1.29, 1.82) is 0 Å². The first-order valence-corrected chi connectivity index (χ1v) is 11.1. The summed E-state index contributed by atoms with van der Waals surface area (Å²) in [5, 5.41) is 5.09. The van der Waals surface area contributed by atoms with Gasteiger partial charge in [0.2, 0.25) is 15.9 Å². The highest BCUT2D eigenvalue weighted by Gasteiger charge is 2.26. The summed E-state index contributed by atoms with van der Waals surface area (Å²) in [4.78, 5) is 28.7. The number of amides is 1. The van der Waals surface area contributed by atoms with Gasteiger partial charge in [0, 0.05) is 36.7 Å². The van der Waals surface area contributed by atoms with Crippen LogP contribution in [-0.2, 0) is 21.4 Å². The third-order valence-corrected chi connectivity index (χ3v) is 7.19. The zero-order valence-corrected chi connectivity index (χ0v) is 16.8. The highest BCUT2D eigenvalue weighted by atomic mass is 32.2. The molecule has 0 spiro atoms. The molecule has 146 valence electrons. The number of thiazole rings is 1. The van der Waals surface area contributed by atoms with Crippen molar-refractivity contribution in [2.24, 2.45) is 0 Å². The van der Waals surface area contributed by atoms with Crippen molar-refractivity contribution in [3.05, 3.63) is 39.8 Å². The van der Waals surface area contributed by atoms with E-state index in [0.717, 1.165) is 29.2 Å². The average Bonchev–Trinajstić information content (AvgIpc) is 3.37. The molecule has 8 nitrogen and oxygen atoms in total. The van der Waals surface area contributed by atoms with E-state index in [9.17, 15) is 18.0 Å². The smallest absolute Gasteiger partial charge is 0.251 e. The highest BCUT2D eigenvalue weighted by molar-refractivity contribution is 7.89. The molecule has 0 atom stereocenters. The van der Waals surface area contributed by atoms with Crippen LogP contribution in [0.1, 0.15) is 38.3 Å². The van der Waals surface area contributed by atoms with E-state index >= 15 is 0 Å². The van der Waals surface area contributed by atoms with E-state index in [0.29, 0.717) is 24.1 Å². The highest BCUT2D eigenvalue weighted by Crippen LogP contribution is 2.40. The number of aromatic nitrogens is 2. The Morgan fingerprint density at radius 1 is 1.33 bits per heavy atom. The van der Waals surface area contributed by atoms with E-state index < -0.39 is 21.5 Å². The first-order chi connectivity index (χ1) is 12.8. The first kappa shape index (κ1) is 19.7. The van der Waals surface area contributed by atoms with Crippen molar-refractivity contribution < 1.29 is 13.2 Å². The lowest BCUT2D eigenvalue weighted by molar-refractivity contribution is -0.116. The quantitative estimate of drug-likeness (QED) is 0.716. The monoisotopic (exact) mass is 410 g/mol. The third-order valence-electron chi connectivity index (χ3n) is 4.38. The van der Waals surface area contributed by atoms with Gasteiger partial charge in [0.05, 0.1) is 10.6 Å². The van der Waals surface area contributed by atoms with Gasteiger partial charge in [0.25, 0.3) is 5.56 Å². The molecule has 2 heterocycles. The van der Waals surface area contributed by atoms with Gasteiger partial charge in [-0.3, -0.25) is 9.59 Å². The van der Waals surface area contributed by atoms with Crippen molar-refractivity contribution in [2.75, 3.05) is 18.4 Å². The minimum Gasteiger partial charge on any atom is -0.305 e. The van der Waals surface area contributed by atoms with Crippen molar-refractivity contribution in [1.82, 2.24) is 13.9 Å². The standard InChI is InChI=1S/C17H22N4O4S2/c1-3-21(4-2)27(24,25)13-7-8-16(23)20(9-13)10-15(22)19-17-18-14(11-26-17)12-5-6-12/h7-9,11-12H,3-6,10H2,1-2H3,(H,18,19,22). The zero-order chi connectivity index (χ0) is 19.6. The number of carbonyl (C=O) groups is 1. The molecular weight excluding hydrogens is 388 g/mol. The molecule has 1 aliphatic carbocycles. The molecule has 1 aliphatic rings. The molecule has 0 aliphatic heterocycles. The number of nitrogens with zero attached hydrogens (tertiary/aromatic N) is 3. The average molecular weight is 411 g/mol. The largest absolute Gasteiger partial charge is 0.305 e. The molecule has 0 saturated heterocycles. The molecule has 1 N–H and O–H groups in total. The molecule has 1 amide bonds. The molecule has 1 fully saturated rings. The molecule has 3 rings (SSSR count). The van der Waals surface area contributed by atoms with Gasteiger partial charge in [-0.2, -0.15) is 4.31 Å². The second kappa shape index (κ2) is 7.91. The summed E-state index contributed by atoms with van der Waals surface area (Å²) in [5.74, 6) is 0.0719. The Morgan fingerprint density at radius 2 is 2.04 bits per heavy atom. The van der Waals surface area contributed by atoms with Gasteiger partial charge in [-0.15, -0.1) is 11.3 Å². The van der Waals surface area contributed by atoms with Crippen LogP contribution in [0.4, 0.5) is 5.13 Å². The predicted molar refractivity (Wildman–Crippen MR) is 104 cm³/mol. The van der Waals surface area contributed by atoms with Crippen LogP contribution < -0.4 is 10.9 Å². The molecule has 0 unspecified atom stereocenters. The van der Waals surface area contributed by atoms with Crippen LogP contribution >= 0.6 is 11.3 Å². The molecule has 0 radical (unpaired) electrons. The van der Waals surface area contributed by atoms with E-state index in [1.54, 1.807) is 13.8 Å². The van der Waals surface area contributed by atoms with Crippen LogP contribution in [0.15, 0.2) is 33.4 Å². The number of nitrogens with one attached hydrogen (secondary N) is 1. The zero-order valence-electron chi connectivity index (χ0n) is 15.2. The molecular formula is C17H22N4O4S2. The second-order valence-corrected chi connectivity index (χ2v) is 9.12. The van der Waals surface area contributed by atoms with Crippen LogP contribution in [0.5, 0.6) is 0 Å². The second-order valence-electron chi connectivity index (χ2n) is 6.32. The fourth-order valence-corrected chi connectivity index (χ4v) is 5.01. The van der Waals surface area contributed by atoms with Crippen molar-refractivity contribution in [3.8, 4) is 0 Å². The Bertz CT molecular complexity index is 988. The normalized spacial score (nSPS) is 14.5. The van der Waals surface area contributed by atoms with Gasteiger partial charge in [-0.25, -0.2) is 13.4 Å². The van der Waals surface area contributed by atoms with Crippen LogP contribution in [0.2, 0.25) is 0 Å². The van der Waals surface area contributed by atoms with Gasteiger partial charge >= 0.3 is 0 Å². The van der Waals surface area contributed by atoms with Crippen LogP contribution in [0, 0.1) is 0 Å².